The largest absolute Gasteiger partial charge is 0.396 e. The number of rotatable bonds is 5. The molecule has 0 bridgehead atoms. The average Bonchev–Trinajstić information content (AvgIpc) is 2.49. The zero-order valence-corrected chi connectivity index (χ0v) is 12.6. The Hall–Kier alpha value is -0.770. The van der Waals surface area contributed by atoms with Crippen molar-refractivity contribution < 1.29 is 9.90 Å². The van der Waals surface area contributed by atoms with Crippen molar-refractivity contribution in [3.05, 3.63) is 0 Å². The SMILES string of the molecule is O=C(NCCC1CCCCC1)N1CCCCC1CCO. The smallest absolute Gasteiger partial charge is 0.317 e. The van der Waals surface area contributed by atoms with Crippen LogP contribution in [-0.4, -0.2) is 41.8 Å². The Morgan fingerprint density at radius 3 is 2.55 bits per heavy atom. The third-order valence-electron chi connectivity index (χ3n) is 4.90. The first-order valence-electron chi connectivity index (χ1n) is 8.46. The fourth-order valence-corrected chi connectivity index (χ4v) is 3.68. The van der Waals surface area contributed by atoms with Crippen molar-refractivity contribution in [1.29, 1.82) is 0 Å². The minimum atomic E-state index is 0.0824. The number of carbonyl (C=O) groups excluding carboxylic acids is 1. The molecule has 0 spiro atoms. The van der Waals surface area contributed by atoms with Crippen LogP contribution in [0.2, 0.25) is 0 Å². The predicted molar refractivity (Wildman–Crippen MR) is 80.6 cm³/mol. The number of hydrogen-bond acceptors (Lipinski definition) is 2. The van der Waals surface area contributed by atoms with E-state index in [0.717, 1.165) is 44.7 Å². The van der Waals surface area contributed by atoms with Crippen molar-refractivity contribution in [1.82, 2.24) is 10.2 Å². The minimum absolute atomic E-state index is 0.0824. The molecule has 2 N–H and O–H groups in total. The van der Waals surface area contributed by atoms with E-state index in [1.54, 1.807) is 0 Å². The number of hydrogen-bond donors (Lipinski definition) is 2. The molecule has 2 aliphatic rings. The maximum absolute atomic E-state index is 12.3. The van der Waals surface area contributed by atoms with Crippen LogP contribution < -0.4 is 5.32 Å². The van der Waals surface area contributed by atoms with Crippen molar-refractivity contribution in [3.63, 3.8) is 0 Å². The summed E-state index contributed by atoms with van der Waals surface area (Å²) < 4.78 is 0. The summed E-state index contributed by atoms with van der Waals surface area (Å²) in [5, 5.41) is 12.2. The number of piperidine rings is 1. The zero-order chi connectivity index (χ0) is 14.2. The van der Waals surface area contributed by atoms with Crippen LogP contribution in [0.25, 0.3) is 0 Å². The summed E-state index contributed by atoms with van der Waals surface area (Å²) in [7, 11) is 0. The van der Waals surface area contributed by atoms with Gasteiger partial charge in [0.05, 0.1) is 0 Å². The van der Waals surface area contributed by atoms with Gasteiger partial charge >= 0.3 is 6.03 Å². The normalized spacial score (nSPS) is 24.6. The van der Waals surface area contributed by atoms with E-state index in [-0.39, 0.29) is 18.7 Å². The molecule has 4 heteroatoms. The molecule has 116 valence electrons. The Morgan fingerprint density at radius 2 is 1.80 bits per heavy atom. The molecule has 0 aromatic carbocycles. The molecule has 1 heterocycles. The Labute approximate surface area is 122 Å². The fourth-order valence-electron chi connectivity index (χ4n) is 3.68. The summed E-state index contributed by atoms with van der Waals surface area (Å²) in [6.07, 6.45) is 12.0. The molecular formula is C16H30N2O2. The second-order valence-electron chi connectivity index (χ2n) is 6.38. The monoisotopic (exact) mass is 282 g/mol. The van der Waals surface area contributed by atoms with Crippen LogP contribution in [0.4, 0.5) is 4.79 Å². The van der Waals surface area contributed by atoms with Gasteiger partial charge in [0, 0.05) is 25.7 Å². The van der Waals surface area contributed by atoms with E-state index in [1.807, 2.05) is 4.90 Å². The van der Waals surface area contributed by atoms with E-state index in [0.29, 0.717) is 0 Å². The predicted octanol–water partition coefficient (Wildman–Crippen LogP) is 2.90. The topological polar surface area (TPSA) is 52.6 Å². The molecule has 2 fully saturated rings. The van der Waals surface area contributed by atoms with E-state index >= 15 is 0 Å². The second kappa shape index (κ2) is 8.50. The summed E-state index contributed by atoms with van der Waals surface area (Å²) in [5.74, 6) is 0.818. The van der Waals surface area contributed by atoms with Crippen LogP contribution >= 0.6 is 0 Å². The van der Waals surface area contributed by atoms with E-state index in [4.69, 9.17) is 5.11 Å². The molecule has 20 heavy (non-hydrogen) atoms. The molecule has 1 atom stereocenters. The highest BCUT2D eigenvalue weighted by Gasteiger charge is 2.26. The quantitative estimate of drug-likeness (QED) is 0.814. The van der Waals surface area contributed by atoms with Gasteiger partial charge in [-0.25, -0.2) is 4.79 Å². The molecule has 0 aromatic heterocycles. The van der Waals surface area contributed by atoms with Crippen molar-refractivity contribution in [3.8, 4) is 0 Å². The zero-order valence-electron chi connectivity index (χ0n) is 12.6. The van der Waals surface area contributed by atoms with Gasteiger partial charge in [0.2, 0.25) is 0 Å². The fraction of sp³-hybridized carbons (Fsp3) is 0.938. The summed E-state index contributed by atoms with van der Waals surface area (Å²) >= 11 is 0. The van der Waals surface area contributed by atoms with Crippen molar-refractivity contribution in [2.45, 2.75) is 70.3 Å². The third kappa shape index (κ3) is 4.65. The van der Waals surface area contributed by atoms with E-state index in [9.17, 15) is 4.79 Å². The van der Waals surface area contributed by atoms with Crippen LogP contribution in [0, 0.1) is 5.92 Å². The number of nitrogens with zero attached hydrogens (tertiary/aromatic N) is 1. The van der Waals surface area contributed by atoms with Gasteiger partial charge < -0.3 is 15.3 Å². The van der Waals surface area contributed by atoms with Gasteiger partial charge in [0.25, 0.3) is 0 Å². The van der Waals surface area contributed by atoms with E-state index in [2.05, 4.69) is 5.32 Å². The summed E-state index contributed by atoms with van der Waals surface area (Å²) in [6.45, 7) is 1.84. The lowest BCUT2D eigenvalue weighted by molar-refractivity contribution is 0.131. The first-order valence-corrected chi connectivity index (χ1v) is 8.46. The van der Waals surface area contributed by atoms with Crippen LogP contribution in [0.1, 0.15) is 64.2 Å². The molecule has 0 aromatic rings. The molecule has 1 saturated heterocycles. The van der Waals surface area contributed by atoms with Crippen molar-refractivity contribution in [2.24, 2.45) is 5.92 Å². The molecule has 2 amide bonds. The highest BCUT2D eigenvalue weighted by Crippen LogP contribution is 2.26. The number of aliphatic hydroxyl groups excluding tert-OH is 1. The molecule has 2 rings (SSSR count). The number of amides is 2. The summed E-state index contributed by atoms with van der Waals surface area (Å²) in [5.41, 5.74) is 0. The van der Waals surface area contributed by atoms with Crippen molar-refractivity contribution in [2.75, 3.05) is 19.7 Å². The number of nitrogens with one attached hydrogen (secondary N) is 1. The molecular weight excluding hydrogens is 252 g/mol. The summed E-state index contributed by atoms with van der Waals surface area (Å²) in [4.78, 5) is 14.2. The van der Waals surface area contributed by atoms with Gasteiger partial charge in [0.1, 0.15) is 0 Å². The maximum Gasteiger partial charge on any atom is 0.317 e. The highest BCUT2D eigenvalue weighted by molar-refractivity contribution is 5.74. The minimum Gasteiger partial charge on any atom is -0.396 e. The first kappa shape index (κ1) is 15.6. The van der Waals surface area contributed by atoms with Gasteiger partial charge in [-0.05, 0) is 38.0 Å². The first-order chi connectivity index (χ1) is 9.81. The lowest BCUT2D eigenvalue weighted by Crippen LogP contribution is -2.49. The number of carbonyl (C=O) groups is 1. The molecule has 1 aliphatic carbocycles. The number of aliphatic hydroxyl groups is 1. The van der Waals surface area contributed by atoms with Crippen molar-refractivity contribution >= 4 is 6.03 Å². The molecule has 4 nitrogen and oxygen atoms in total. The van der Waals surface area contributed by atoms with Crippen LogP contribution in [-0.2, 0) is 0 Å². The van der Waals surface area contributed by atoms with E-state index in [1.165, 1.54) is 38.5 Å². The van der Waals surface area contributed by atoms with Crippen LogP contribution in [0.15, 0.2) is 0 Å². The van der Waals surface area contributed by atoms with E-state index < -0.39 is 0 Å². The lowest BCUT2D eigenvalue weighted by atomic mass is 9.87. The number of urea groups is 1. The Bertz CT molecular complexity index is 288. The van der Waals surface area contributed by atoms with Gasteiger partial charge in [0.15, 0.2) is 0 Å². The Kier molecular flexibility index (Phi) is 6.64. The van der Waals surface area contributed by atoms with Gasteiger partial charge in [-0.3, -0.25) is 0 Å². The molecule has 1 aliphatic heterocycles. The standard InChI is InChI=1S/C16H30N2O2/c19-13-10-15-8-4-5-12-18(15)16(20)17-11-9-14-6-2-1-3-7-14/h14-15,19H,1-13H2,(H,17,20). The molecule has 0 radical (unpaired) electrons. The summed E-state index contributed by atoms with van der Waals surface area (Å²) in [6, 6.07) is 0.322. The molecule has 1 saturated carbocycles. The van der Waals surface area contributed by atoms with Gasteiger partial charge in [-0.1, -0.05) is 32.1 Å². The maximum atomic E-state index is 12.3. The highest BCUT2D eigenvalue weighted by atomic mass is 16.3. The molecule has 1 unspecified atom stereocenters. The van der Waals surface area contributed by atoms with Crippen LogP contribution in [0.5, 0.6) is 0 Å². The third-order valence-corrected chi connectivity index (χ3v) is 4.90. The Balaban J connectivity index is 1.69. The van der Waals surface area contributed by atoms with Gasteiger partial charge in [-0.2, -0.15) is 0 Å². The average molecular weight is 282 g/mol. The van der Waals surface area contributed by atoms with Crippen LogP contribution in [0.3, 0.4) is 0 Å². The Morgan fingerprint density at radius 1 is 1.05 bits per heavy atom. The number of likely N-dealkylation sites (tertiary alicyclic amines) is 1. The van der Waals surface area contributed by atoms with Gasteiger partial charge in [-0.15, -0.1) is 0 Å². The second-order valence-corrected chi connectivity index (χ2v) is 6.38. The lowest BCUT2D eigenvalue weighted by Gasteiger charge is -2.35.